The van der Waals surface area contributed by atoms with Crippen molar-refractivity contribution in [3.8, 4) is 5.75 Å². The second-order valence-electron chi connectivity index (χ2n) is 5.87. The van der Waals surface area contributed by atoms with E-state index in [-0.39, 0.29) is 6.04 Å². The van der Waals surface area contributed by atoms with E-state index >= 15 is 0 Å². The summed E-state index contributed by atoms with van der Waals surface area (Å²) in [5, 5.41) is 7.18. The summed E-state index contributed by atoms with van der Waals surface area (Å²) in [6.45, 7) is 2.74. The van der Waals surface area contributed by atoms with Gasteiger partial charge in [0.05, 0.1) is 13.2 Å². The molecule has 0 spiro atoms. The Morgan fingerprint density at radius 1 is 1.12 bits per heavy atom. The highest BCUT2D eigenvalue weighted by Gasteiger charge is 2.18. The second kappa shape index (κ2) is 8.66. The Morgan fingerprint density at radius 3 is 2.46 bits per heavy atom. The number of likely N-dealkylation sites (N-methyl/N-ethyl adjacent to an activating group) is 1. The molecule has 2 aromatic carbocycles. The third-order valence-electron chi connectivity index (χ3n) is 3.97. The topological polar surface area (TPSA) is 36.5 Å². The summed E-state index contributed by atoms with van der Waals surface area (Å²) in [6, 6.07) is 16.3. The highest BCUT2D eigenvalue weighted by atomic mass is 32.1. The maximum Gasteiger partial charge on any atom is 0.170 e. The smallest absolute Gasteiger partial charge is 0.170 e. The average molecular weight is 343 g/mol. The van der Waals surface area contributed by atoms with Crippen molar-refractivity contribution < 1.29 is 4.74 Å². The van der Waals surface area contributed by atoms with Gasteiger partial charge in [0.25, 0.3) is 0 Å². The lowest BCUT2D eigenvalue weighted by Crippen LogP contribution is -2.37. The molecule has 0 bridgehead atoms. The molecular formula is C19H25N3OS. The molecule has 0 aromatic heterocycles. The van der Waals surface area contributed by atoms with Gasteiger partial charge in [-0.15, -0.1) is 0 Å². The molecule has 2 N–H and O–H groups in total. The van der Waals surface area contributed by atoms with Crippen LogP contribution >= 0.6 is 12.2 Å². The summed E-state index contributed by atoms with van der Waals surface area (Å²) in [6.07, 6.45) is 0. The monoisotopic (exact) mass is 343 g/mol. The van der Waals surface area contributed by atoms with Gasteiger partial charge >= 0.3 is 0 Å². The van der Waals surface area contributed by atoms with Gasteiger partial charge in [-0.05, 0) is 50.9 Å². The Kier molecular flexibility index (Phi) is 6.58. The van der Waals surface area contributed by atoms with Crippen molar-refractivity contribution in [2.45, 2.75) is 13.0 Å². The maximum absolute atomic E-state index is 5.49. The van der Waals surface area contributed by atoms with E-state index in [1.165, 1.54) is 0 Å². The molecular weight excluding hydrogens is 318 g/mol. The fraction of sp³-hybridized carbons (Fsp3) is 0.316. The average Bonchev–Trinajstić information content (AvgIpc) is 2.57. The zero-order valence-corrected chi connectivity index (χ0v) is 15.5. The number of anilines is 1. The molecule has 1 unspecified atom stereocenters. The fourth-order valence-corrected chi connectivity index (χ4v) is 2.77. The van der Waals surface area contributed by atoms with Crippen LogP contribution in [0.4, 0.5) is 5.69 Å². The van der Waals surface area contributed by atoms with Gasteiger partial charge in [-0.1, -0.05) is 36.4 Å². The lowest BCUT2D eigenvalue weighted by atomic mass is 10.0. The van der Waals surface area contributed by atoms with Crippen LogP contribution < -0.4 is 15.4 Å². The minimum absolute atomic E-state index is 0.151. The van der Waals surface area contributed by atoms with Crippen LogP contribution in [0, 0.1) is 6.92 Å². The number of hydrogen-bond acceptors (Lipinski definition) is 3. The molecule has 1 atom stereocenters. The number of nitrogens with one attached hydrogen (secondary N) is 2. The molecule has 0 aliphatic carbocycles. The van der Waals surface area contributed by atoms with Crippen LogP contribution in [0.5, 0.6) is 5.75 Å². The van der Waals surface area contributed by atoms with Gasteiger partial charge in [-0.3, -0.25) is 0 Å². The van der Waals surface area contributed by atoms with E-state index in [4.69, 9.17) is 17.0 Å². The number of nitrogens with zero attached hydrogens (tertiary/aromatic N) is 1. The first-order valence-corrected chi connectivity index (χ1v) is 8.33. The van der Waals surface area contributed by atoms with E-state index in [2.05, 4.69) is 48.7 Å². The third-order valence-corrected chi connectivity index (χ3v) is 4.22. The first-order chi connectivity index (χ1) is 11.5. The summed E-state index contributed by atoms with van der Waals surface area (Å²) >= 11 is 5.44. The van der Waals surface area contributed by atoms with Crippen LogP contribution in [0.2, 0.25) is 0 Å². The number of benzene rings is 2. The molecule has 0 aliphatic heterocycles. The maximum atomic E-state index is 5.49. The van der Waals surface area contributed by atoms with Crippen molar-refractivity contribution in [2.75, 3.05) is 33.1 Å². The van der Waals surface area contributed by atoms with Crippen LogP contribution in [0.3, 0.4) is 0 Å². The number of methoxy groups -OCH3 is 1. The summed E-state index contributed by atoms with van der Waals surface area (Å²) in [5.41, 5.74) is 3.32. The minimum Gasteiger partial charge on any atom is -0.496 e. The normalized spacial score (nSPS) is 11.9. The lowest BCUT2D eigenvalue weighted by molar-refractivity contribution is 0.288. The van der Waals surface area contributed by atoms with Gasteiger partial charge < -0.3 is 20.3 Å². The number of thiocarbonyl (C=S) groups is 1. The second-order valence-corrected chi connectivity index (χ2v) is 6.28. The molecule has 2 aromatic rings. The summed E-state index contributed by atoms with van der Waals surface area (Å²) in [5.74, 6) is 0.885. The Hall–Kier alpha value is -2.11. The molecule has 0 saturated carbocycles. The third kappa shape index (κ3) is 4.69. The van der Waals surface area contributed by atoms with Gasteiger partial charge in [0.15, 0.2) is 5.11 Å². The minimum atomic E-state index is 0.151. The van der Waals surface area contributed by atoms with Crippen molar-refractivity contribution in [1.82, 2.24) is 10.2 Å². The zero-order chi connectivity index (χ0) is 17.5. The molecule has 0 aliphatic rings. The Bertz CT molecular complexity index is 688. The Balaban J connectivity index is 2.04. The van der Waals surface area contributed by atoms with Crippen LogP contribution in [0.1, 0.15) is 17.2 Å². The molecule has 0 fully saturated rings. The van der Waals surface area contributed by atoms with E-state index < -0.39 is 0 Å². The molecule has 0 radical (unpaired) electrons. The van der Waals surface area contributed by atoms with Crippen molar-refractivity contribution in [3.63, 3.8) is 0 Å². The quantitative estimate of drug-likeness (QED) is 0.784. The van der Waals surface area contributed by atoms with Crippen LogP contribution in [0.25, 0.3) is 0 Å². The summed E-state index contributed by atoms with van der Waals surface area (Å²) < 4.78 is 5.49. The highest BCUT2D eigenvalue weighted by molar-refractivity contribution is 7.80. The first-order valence-electron chi connectivity index (χ1n) is 7.92. The van der Waals surface area contributed by atoms with E-state index in [0.717, 1.165) is 22.6 Å². The number of aryl methyl sites for hydroxylation is 1. The molecule has 0 amide bonds. The number of ether oxygens (including phenoxy) is 1. The molecule has 2 rings (SSSR count). The Morgan fingerprint density at radius 2 is 1.79 bits per heavy atom. The molecule has 5 heteroatoms. The van der Waals surface area contributed by atoms with Crippen molar-refractivity contribution >= 4 is 23.0 Å². The van der Waals surface area contributed by atoms with E-state index in [1.54, 1.807) is 7.11 Å². The molecule has 0 saturated heterocycles. The van der Waals surface area contributed by atoms with Crippen LogP contribution in [-0.2, 0) is 0 Å². The van der Waals surface area contributed by atoms with Crippen LogP contribution in [-0.4, -0.2) is 37.8 Å². The number of para-hydroxylation sites is 2. The SMILES string of the molecule is COc1ccccc1C(CNC(=S)Nc1ccccc1C)N(C)C. The molecule has 4 nitrogen and oxygen atoms in total. The highest BCUT2D eigenvalue weighted by Crippen LogP contribution is 2.27. The zero-order valence-electron chi connectivity index (χ0n) is 14.7. The predicted octanol–water partition coefficient (Wildman–Crippen LogP) is 3.59. The van der Waals surface area contributed by atoms with Crippen LogP contribution in [0.15, 0.2) is 48.5 Å². The van der Waals surface area contributed by atoms with Crippen molar-refractivity contribution in [1.29, 1.82) is 0 Å². The van der Waals surface area contributed by atoms with Gasteiger partial charge in [0, 0.05) is 17.8 Å². The summed E-state index contributed by atoms with van der Waals surface area (Å²) in [4.78, 5) is 2.15. The van der Waals surface area contributed by atoms with Gasteiger partial charge in [-0.2, -0.15) is 0 Å². The standard InChI is InChI=1S/C19H25N3OS/c1-14-9-5-7-11-16(14)21-19(24)20-13-17(22(2)3)15-10-6-8-12-18(15)23-4/h5-12,17H,13H2,1-4H3,(H2,20,21,24). The van der Waals surface area contributed by atoms with E-state index in [9.17, 15) is 0 Å². The number of hydrogen-bond donors (Lipinski definition) is 2. The predicted molar refractivity (Wildman–Crippen MR) is 105 cm³/mol. The number of rotatable bonds is 6. The molecule has 128 valence electrons. The molecule has 0 heterocycles. The van der Waals surface area contributed by atoms with Gasteiger partial charge in [-0.25, -0.2) is 0 Å². The largest absolute Gasteiger partial charge is 0.496 e. The first kappa shape index (κ1) is 18.2. The summed E-state index contributed by atoms with van der Waals surface area (Å²) in [7, 11) is 5.80. The van der Waals surface area contributed by atoms with Crippen molar-refractivity contribution in [2.24, 2.45) is 0 Å². The van der Waals surface area contributed by atoms with Gasteiger partial charge in [0.2, 0.25) is 0 Å². The lowest BCUT2D eigenvalue weighted by Gasteiger charge is -2.27. The fourth-order valence-electron chi connectivity index (χ4n) is 2.58. The Labute approximate surface area is 149 Å². The van der Waals surface area contributed by atoms with Crippen molar-refractivity contribution in [3.05, 3.63) is 59.7 Å². The van der Waals surface area contributed by atoms with Gasteiger partial charge in [0.1, 0.15) is 5.75 Å². The van der Waals surface area contributed by atoms with E-state index in [0.29, 0.717) is 11.7 Å². The molecule has 24 heavy (non-hydrogen) atoms. The van der Waals surface area contributed by atoms with E-state index in [1.807, 2.05) is 36.4 Å².